The van der Waals surface area contributed by atoms with Crippen LogP contribution in [0.5, 0.6) is 0 Å². The van der Waals surface area contributed by atoms with Gasteiger partial charge < -0.3 is 16.2 Å². The number of nitrogen functional groups attached to an aromatic ring is 2. The molecule has 0 radical (unpaired) electrons. The zero-order valence-corrected chi connectivity index (χ0v) is 10.1. The van der Waals surface area contributed by atoms with Crippen molar-refractivity contribution >= 4 is 29.2 Å². The van der Waals surface area contributed by atoms with E-state index in [0.29, 0.717) is 22.7 Å². The molecule has 0 saturated carbocycles. The number of rotatable bonds is 1. The summed E-state index contributed by atoms with van der Waals surface area (Å²) in [5.74, 6) is 0.161. The number of carbonyl (C=O) groups is 1. The van der Waals surface area contributed by atoms with Gasteiger partial charge in [-0.05, 0) is 42.0 Å². The van der Waals surface area contributed by atoms with Crippen LogP contribution < -0.4 is 11.5 Å². The second-order valence-electron chi connectivity index (χ2n) is 4.37. The highest BCUT2D eigenvalue weighted by Crippen LogP contribution is 2.32. The minimum atomic E-state index is -0.371. The number of nitrogens with two attached hydrogens (primary N) is 2. The topological polar surface area (TPSA) is 78.3 Å². The molecule has 0 spiro atoms. The SMILES string of the molecule is Nc1ccc(/C=C2\OC(=O)c3cc(N)ccc32)cc1. The van der Waals surface area contributed by atoms with E-state index in [1.807, 2.05) is 12.1 Å². The predicted octanol–water partition coefficient (Wildman–Crippen LogP) is 2.52. The number of fused-ring (bicyclic) bond motifs is 1. The van der Waals surface area contributed by atoms with Crippen LogP contribution in [0.3, 0.4) is 0 Å². The maximum Gasteiger partial charge on any atom is 0.344 e. The highest BCUT2D eigenvalue weighted by atomic mass is 16.5. The van der Waals surface area contributed by atoms with Crippen molar-refractivity contribution in [1.29, 1.82) is 0 Å². The van der Waals surface area contributed by atoms with Crippen molar-refractivity contribution in [2.75, 3.05) is 11.5 Å². The molecule has 0 saturated heterocycles. The molecule has 4 N–H and O–H groups in total. The van der Waals surface area contributed by atoms with Crippen molar-refractivity contribution < 1.29 is 9.53 Å². The summed E-state index contributed by atoms with van der Waals surface area (Å²) in [4.78, 5) is 11.7. The van der Waals surface area contributed by atoms with Gasteiger partial charge in [-0.3, -0.25) is 0 Å². The van der Waals surface area contributed by atoms with Crippen molar-refractivity contribution in [3.05, 3.63) is 59.2 Å². The molecule has 4 heteroatoms. The van der Waals surface area contributed by atoms with Crippen LogP contribution in [0, 0.1) is 0 Å². The Balaban J connectivity index is 2.05. The fraction of sp³-hybridized carbons (Fsp3) is 0. The number of hydrogen-bond acceptors (Lipinski definition) is 4. The van der Waals surface area contributed by atoms with Gasteiger partial charge in [-0.2, -0.15) is 0 Å². The number of ether oxygens (including phenoxy) is 1. The van der Waals surface area contributed by atoms with Crippen LogP contribution >= 0.6 is 0 Å². The third-order valence-electron chi connectivity index (χ3n) is 2.97. The summed E-state index contributed by atoms with van der Waals surface area (Å²) < 4.78 is 5.26. The van der Waals surface area contributed by atoms with Gasteiger partial charge in [-0.1, -0.05) is 12.1 Å². The number of hydrogen-bond donors (Lipinski definition) is 2. The summed E-state index contributed by atoms with van der Waals surface area (Å²) in [6.07, 6.45) is 1.80. The van der Waals surface area contributed by atoms with Gasteiger partial charge in [0.15, 0.2) is 0 Å². The van der Waals surface area contributed by atoms with Gasteiger partial charge in [0.1, 0.15) is 5.76 Å². The van der Waals surface area contributed by atoms with E-state index in [4.69, 9.17) is 16.2 Å². The predicted molar refractivity (Wildman–Crippen MR) is 75.0 cm³/mol. The lowest BCUT2D eigenvalue weighted by molar-refractivity contribution is 0.0717. The lowest BCUT2D eigenvalue weighted by Crippen LogP contribution is -1.94. The van der Waals surface area contributed by atoms with Gasteiger partial charge in [0, 0.05) is 16.9 Å². The van der Waals surface area contributed by atoms with E-state index in [2.05, 4.69) is 0 Å². The molecular weight excluding hydrogens is 240 g/mol. The molecule has 0 fully saturated rings. The molecule has 0 bridgehead atoms. The number of esters is 1. The monoisotopic (exact) mass is 252 g/mol. The van der Waals surface area contributed by atoms with Crippen molar-refractivity contribution in [3.63, 3.8) is 0 Å². The number of carbonyl (C=O) groups excluding carboxylic acids is 1. The first-order valence-electron chi connectivity index (χ1n) is 5.83. The Bertz CT molecular complexity index is 688. The van der Waals surface area contributed by atoms with E-state index in [-0.39, 0.29) is 5.97 Å². The zero-order chi connectivity index (χ0) is 13.4. The third-order valence-corrected chi connectivity index (χ3v) is 2.97. The van der Waals surface area contributed by atoms with Crippen LogP contribution in [0.4, 0.5) is 11.4 Å². The van der Waals surface area contributed by atoms with Crippen LogP contribution in [-0.4, -0.2) is 5.97 Å². The molecule has 4 nitrogen and oxygen atoms in total. The normalized spacial score (nSPS) is 15.4. The molecule has 3 rings (SSSR count). The number of benzene rings is 2. The first-order valence-corrected chi connectivity index (χ1v) is 5.83. The Morgan fingerprint density at radius 2 is 1.58 bits per heavy atom. The zero-order valence-electron chi connectivity index (χ0n) is 10.1. The molecule has 0 aromatic heterocycles. The summed E-state index contributed by atoms with van der Waals surface area (Å²) in [6, 6.07) is 12.5. The van der Waals surface area contributed by atoms with Crippen LogP contribution in [0.1, 0.15) is 21.5 Å². The third kappa shape index (κ3) is 2.04. The lowest BCUT2D eigenvalue weighted by atomic mass is 10.1. The fourth-order valence-corrected chi connectivity index (χ4v) is 2.01. The van der Waals surface area contributed by atoms with E-state index in [1.165, 1.54) is 0 Å². The van der Waals surface area contributed by atoms with Gasteiger partial charge >= 0.3 is 5.97 Å². The second-order valence-corrected chi connectivity index (χ2v) is 4.37. The summed E-state index contributed by atoms with van der Waals surface area (Å²) >= 11 is 0. The van der Waals surface area contributed by atoms with Crippen LogP contribution in [0.2, 0.25) is 0 Å². The molecule has 2 aromatic carbocycles. The molecule has 0 amide bonds. The highest BCUT2D eigenvalue weighted by molar-refractivity contribution is 6.06. The van der Waals surface area contributed by atoms with Gasteiger partial charge in [0.05, 0.1) is 5.56 Å². The average Bonchev–Trinajstić information content (AvgIpc) is 2.69. The molecule has 2 aromatic rings. The summed E-state index contributed by atoms with van der Waals surface area (Å²) in [6.45, 7) is 0. The summed E-state index contributed by atoms with van der Waals surface area (Å²) in [7, 11) is 0. The van der Waals surface area contributed by atoms with Crippen molar-refractivity contribution in [3.8, 4) is 0 Å². The largest absolute Gasteiger partial charge is 0.422 e. The van der Waals surface area contributed by atoms with Crippen molar-refractivity contribution in [2.24, 2.45) is 0 Å². The summed E-state index contributed by atoms with van der Waals surface area (Å²) in [5.41, 5.74) is 14.7. The van der Waals surface area contributed by atoms with Crippen LogP contribution in [0.25, 0.3) is 11.8 Å². The highest BCUT2D eigenvalue weighted by Gasteiger charge is 2.26. The molecule has 0 aliphatic carbocycles. The van der Waals surface area contributed by atoms with E-state index >= 15 is 0 Å². The van der Waals surface area contributed by atoms with Crippen molar-refractivity contribution in [2.45, 2.75) is 0 Å². The van der Waals surface area contributed by atoms with E-state index in [0.717, 1.165) is 11.1 Å². The second kappa shape index (κ2) is 4.17. The number of anilines is 2. The Morgan fingerprint density at radius 1 is 0.895 bits per heavy atom. The van der Waals surface area contributed by atoms with E-state index in [9.17, 15) is 4.79 Å². The Morgan fingerprint density at radius 3 is 2.32 bits per heavy atom. The van der Waals surface area contributed by atoms with Gasteiger partial charge in [0.25, 0.3) is 0 Å². The minimum Gasteiger partial charge on any atom is -0.422 e. The Labute approximate surface area is 110 Å². The van der Waals surface area contributed by atoms with E-state index < -0.39 is 0 Å². The lowest BCUT2D eigenvalue weighted by Gasteiger charge is -2.00. The first kappa shape index (κ1) is 11.3. The standard InChI is InChI=1S/C15H12N2O2/c16-10-3-1-9(2-4-10)7-14-12-6-5-11(17)8-13(12)15(18)19-14/h1-8H,16-17H2/b14-7-. The summed E-state index contributed by atoms with van der Waals surface area (Å²) in [5, 5.41) is 0. The van der Waals surface area contributed by atoms with Crippen LogP contribution in [-0.2, 0) is 4.74 Å². The smallest absolute Gasteiger partial charge is 0.344 e. The quantitative estimate of drug-likeness (QED) is 0.603. The molecule has 0 unspecified atom stereocenters. The van der Waals surface area contributed by atoms with Crippen LogP contribution in [0.15, 0.2) is 42.5 Å². The maximum absolute atomic E-state index is 11.7. The molecule has 1 aliphatic heterocycles. The molecule has 94 valence electrons. The molecule has 0 atom stereocenters. The molecular formula is C15H12N2O2. The maximum atomic E-state index is 11.7. The molecule has 1 aliphatic rings. The fourth-order valence-electron chi connectivity index (χ4n) is 2.01. The molecule has 1 heterocycles. The first-order chi connectivity index (χ1) is 9.13. The van der Waals surface area contributed by atoms with Crippen molar-refractivity contribution in [1.82, 2.24) is 0 Å². The van der Waals surface area contributed by atoms with Gasteiger partial charge in [-0.25, -0.2) is 4.79 Å². The Kier molecular flexibility index (Phi) is 2.49. The minimum absolute atomic E-state index is 0.371. The average molecular weight is 252 g/mol. The molecule has 19 heavy (non-hydrogen) atoms. The van der Waals surface area contributed by atoms with E-state index in [1.54, 1.807) is 36.4 Å². The van der Waals surface area contributed by atoms with Gasteiger partial charge in [-0.15, -0.1) is 0 Å². The number of cyclic esters (lactones) is 1. The van der Waals surface area contributed by atoms with Gasteiger partial charge in [0.2, 0.25) is 0 Å². The Hall–Kier alpha value is -2.75.